The lowest BCUT2D eigenvalue weighted by Gasteiger charge is -2.22. The van der Waals surface area contributed by atoms with E-state index in [-0.39, 0.29) is 10.8 Å². The Morgan fingerprint density at radius 1 is 1.23 bits per heavy atom. The van der Waals surface area contributed by atoms with Crippen LogP contribution in [0.3, 0.4) is 0 Å². The molecule has 1 aromatic heterocycles. The highest BCUT2D eigenvalue weighted by Crippen LogP contribution is 2.39. The van der Waals surface area contributed by atoms with Crippen molar-refractivity contribution in [3.8, 4) is 12.1 Å². The van der Waals surface area contributed by atoms with Gasteiger partial charge in [0.2, 0.25) is 12.1 Å². The van der Waals surface area contributed by atoms with Crippen LogP contribution >= 0.6 is 0 Å². The van der Waals surface area contributed by atoms with Gasteiger partial charge in [0, 0.05) is 18.7 Å². The average molecular weight is 427 g/mol. The standard InChI is InChI=1S/C20H22N6O3S/c21-12-26(30(22,28)17-11-23-25-8-3-9-29-19(17)25)20(27)24-18-15-6-1-4-13(15)10-14-5-2-7-16(14)18/h10-11,22H,1-9H2,(H,24,27). The Balaban J connectivity index is 1.50. The van der Waals surface area contributed by atoms with Gasteiger partial charge in [-0.3, -0.25) is 0 Å². The topological polar surface area (TPSA) is 124 Å². The number of benzene rings is 1. The van der Waals surface area contributed by atoms with Gasteiger partial charge in [0.25, 0.3) is 0 Å². The Morgan fingerprint density at radius 2 is 1.93 bits per heavy atom. The van der Waals surface area contributed by atoms with Crippen molar-refractivity contribution in [3.63, 3.8) is 0 Å². The fraction of sp³-hybridized carbons (Fsp3) is 0.450. The first-order valence-electron chi connectivity index (χ1n) is 10.2. The summed E-state index contributed by atoms with van der Waals surface area (Å²) in [6.45, 7) is 0.987. The quantitative estimate of drug-likeness (QED) is 0.577. The van der Waals surface area contributed by atoms with Crippen LogP contribution in [-0.4, -0.2) is 30.9 Å². The van der Waals surface area contributed by atoms with Crippen molar-refractivity contribution in [3.05, 3.63) is 34.5 Å². The second kappa shape index (κ2) is 7.02. The van der Waals surface area contributed by atoms with Gasteiger partial charge in [0.15, 0.2) is 14.8 Å². The highest BCUT2D eigenvalue weighted by Gasteiger charge is 2.34. The number of urea groups is 1. The van der Waals surface area contributed by atoms with Crippen LogP contribution in [0.5, 0.6) is 5.88 Å². The minimum Gasteiger partial charge on any atom is -0.477 e. The summed E-state index contributed by atoms with van der Waals surface area (Å²) < 4.78 is 29.2. The Hall–Kier alpha value is -3.06. The van der Waals surface area contributed by atoms with Gasteiger partial charge in [0.1, 0.15) is 0 Å². The molecule has 1 aliphatic heterocycles. The van der Waals surface area contributed by atoms with E-state index in [2.05, 4.69) is 16.5 Å². The van der Waals surface area contributed by atoms with Crippen molar-refractivity contribution >= 4 is 21.6 Å². The number of nitrogens with one attached hydrogen (secondary N) is 2. The number of nitrogens with zero attached hydrogens (tertiary/aromatic N) is 4. The van der Waals surface area contributed by atoms with Crippen LogP contribution in [0.4, 0.5) is 10.5 Å². The van der Waals surface area contributed by atoms with E-state index in [4.69, 9.17) is 9.52 Å². The smallest absolute Gasteiger partial charge is 0.348 e. The SMILES string of the molecule is N#CN(C(=O)Nc1c2c(cc3c1CCC3)CCC2)S(=N)(=O)c1cnn2c1OCCC2. The molecule has 1 aromatic carbocycles. The van der Waals surface area contributed by atoms with Crippen molar-refractivity contribution in [1.29, 1.82) is 10.0 Å². The maximum atomic E-state index is 13.3. The van der Waals surface area contributed by atoms with Gasteiger partial charge in [-0.05, 0) is 60.8 Å². The summed E-state index contributed by atoms with van der Waals surface area (Å²) in [5.74, 6) is 0.191. The van der Waals surface area contributed by atoms with Gasteiger partial charge in [0.05, 0.1) is 12.8 Å². The van der Waals surface area contributed by atoms with E-state index in [0.29, 0.717) is 17.5 Å². The number of hydrogen-bond donors (Lipinski definition) is 2. The second-order valence-corrected chi connectivity index (χ2v) is 9.68. The van der Waals surface area contributed by atoms with Crippen molar-refractivity contribution < 1.29 is 13.7 Å². The number of ether oxygens (including phenoxy) is 1. The summed E-state index contributed by atoms with van der Waals surface area (Å²) in [6.07, 6.45) is 9.40. The molecular weight excluding hydrogens is 404 g/mol. The van der Waals surface area contributed by atoms with Crippen LogP contribution in [0, 0.1) is 16.2 Å². The Kier molecular flexibility index (Phi) is 4.43. The third-order valence-corrected chi connectivity index (χ3v) is 7.69. The minimum absolute atomic E-state index is 0.0533. The highest BCUT2D eigenvalue weighted by molar-refractivity contribution is 7.91. The number of fused-ring (bicyclic) bond motifs is 3. The normalized spacial score (nSPS) is 18.4. The van der Waals surface area contributed by atoms with Crippen LogP contribution in [0.2, 0.25) is 0 Å². The number of aryl methyl sites for hydroxylation is 3. The highest BCUT2D eigenvalue weighted by atomic mass is 32.2. The minimum atomic E-state index is -3.94. The maximum Gasteiger partial charge on any atom is 0.348 e. The number of anilines is 1. The summed E-state index contributed by atoms with van der Waals surface area (Å²) >= 11 is 0. The van der Waals surface area contributed by atoms with E-state index in [9.17, 15) is 14.3 Å². The Labute approximate surface area is 174 Å². The fourth-order valence-corrected chi connectivity index (χ4v) is 5.86. The van der Waals surface area contributed by atoms with Crippen molar-refractivity contribution in [2.24, 2.45) is 0 Å². The molecule has 1 unspecified atom stereocenters. The molecule has 0 fully saturated rings. The van der Waals surface area contributed by atoms with Crippen LogP contribution < -0.4 is 10.1 Å². The third kappa shape index (κ3) is 2.84. The van der Waals surface area contributed by atoms with Gasteiger partial charge >= 0.3 is 6.03 Å². The number of rotatable bonds is 3. The molecule has 2 heterocycles. The zero-order valence-corrected chi connectivity index (χ0v) is 17.3. The van der Waals surface area contributed by atoms with E-state index in [1.165, 1.54) is 22.0 Å². The lowest BCUT2D eigenvalue weighted by molar-refractivity contribution is 0.224. The fourth-order valence-electron chi connectivity index (χ4n) is 4.68. The first-order chi connectivity index (χ1) is 14.5. The Bertz CT molecular complexity index is 1160. The summed E-state index contributed by atoms with van der Waals surface area (Å²) in [5.41, 5.74) is 5.42. The van der Waals surface area contributed by atoms with Crippen LogP contribution in [0.15, 0.2) is 17.2 Å². The molecule has 0 saturated heterocycles. The molecule has 9 nitrogen and oxygen atoms in total. The molecule has 2 amide bonds. The average Bonchev–Trinajstić information content (AvgIpc) is 3.47. The molecule has 5 rings (SSSR count). The van der Waals surface area contributed by atoms with E-state index in [1.807, 2.05) is 0 Å². The van der Waals surface area contributed by atoms with Gasteiger partial charge < -0.3 is 10.1 Å². The number of amides is 2. The van der Waals surface area contributed by atoms with E-state index in [0.717, 1.165) is 61.8 Å². The molecular formula is C20H22N6O3S. The summed E-state index contributed by atoms with van der Waals surface area (Å²) in [7, 11) is -3.94. The van der Waals surface area contributed by atoms with E-state index < -0.39 is 15.9 Å². The molecule has 30 heavy (non-hydrogen) atoms. The molecule has 0 radical (unpaired) electrons. The van der Waals surface area contributed by atoms with Gasteiger partial charge in [-0.15, -0.1) is 4.31 Å². The number of carbonyl (C=O) groups is 1. The van der Waals surface area contributed by atoms with Gasteiger partial charge in [-0.1, -0.05) is 6.07 Å². The molecule has 2 aromatic rings. The zero-order valence-electron chi connectivity index (χ0n) is 16.4. The molecule has 0 bridgehead atoms. The molecule has 156 valence electrons. The number of hydrogen-bond acceptors (Lipinski definition) is 6. The lowest BCUT2D eigenvalue weighted by atomic mass is 9.99. The number of carbonyl (C=O) groups excluding carboxylic acids is 1. The van der Waals surface area contributed by atoms with E-state index in [1.54, 1.807) is 6.19 Å². The monoisotopic (exact) mass is 426 g/mol. The first-order valence-corrected chi connectivity index (χ1v) is 11.7. The van der Waals surface area contributed by atoms with E-state index >= 15 is 0 Å². The second-order valence-electron chi connectivity index (χ2n) is 7.82. The summed E-state index contributed by atoms with van der Waals surface area (Å²) in [5, 5.41) is 16.6. The summed E-state index contributed by atoms with van der Waals surface area (Å²) in [6, 6.07) is 1.38. The Morgan fingerprint density at radius 3 is 2.60 bits per heavy atom. The lowest BCUT2D eigenvalue weighted by Crippen LogP contribution is -2.36. The molecule has 0 spiro atoms. The van der Waals surface area contributed by atoms with Crippen LogP contribution in [0.1, 0.15) is 41.5 Å². The van der Waals surface area contributed by atoms with Crippen molar-refractivity contribution in [1.82, 2.24) is 14.1 Å². The number of aromatic nitrogens is 2. The third-order valence-electron chi connectivity index (χ3n) is 6.05. The van der Waals surface area contributed by atoms with Crippen LogP contribution in [0.25, 0.3) is 0 Å². The maximum absolute atomic E-state index is 13.3. The van der Waals surface area contributed by atoms with Crippen molar-refractivity contribution in [2.75, 3.05) is 11.9 Å². The van der Waals surface area contributed by atoms with Crippen molar-refractivity contribution in [2.45, 2.75) is 56.4 Å². The molecule has 0 saturated carbocycles. The largest absolute Gasteiger partial charge is 0.477 e. The molecule has 1 atom stereocenters. The number of nitriles is 1. The molecule has 2 aliphatic carbocycles. The van der Waals surface area contributed by atoms with Gasteiger partial charge in [-0.25, -0.2) is 18.5 Å². The predicted molar refractivity (Wildman–Crippen MR) is 108 cm³/mol. The predicted octanol–water partition coefficient (Wildman–Crippen LogP) is 2.98. The molecule has 2 N–H and O–H groups in total. The molecule has 3 aliphatic rings. The van der Waals surface area contributed by atoms with Crippen LogP contribution in [-0.2, 0) is 42.1 Å². The molecule has 10 heteroatoms. The summed E-state index contributed by atoms with van der Waals surface area (Å²) in [4.78, 5) is 13.0. The first kappa shape index (κ1) is 18.9. The zero-order chi connectivity index (χ0) is 20.9. The van der Waals surface area contributed by atoms with Gasteiger partial charge in [-0.2, -0.15) is 10.4 Å².